The summed E-state index contributed by atoms with van der Waals surface area (Å²) < 4.78 is 5.33. The Labute approximate surface area is 140 Å². The van der Waals surface area contributed by atoms with Gasteiger partial charge in [0.25, 0.3) is 5.56 Å². The van der Waals surface area contributed by atoms with Crippen LogP contribution in [0.1, 0.15) is 32.1 Å². The minimum absolute atomic E-state index is 0.192. The molecule has 3 rings (SSSR count). The molecule has 1 atom stereocenters. The van der Waals surface area contributed by atoms with E-state index in [1.54, 1.807) is 24.4 Å². The average Bonchev–Trinajstić information content (AvgIpc) is 2.61. The van der Waals surface area contributed by atoms with E-state index in [9.17, 15) is 9.59 Å². The Morgan fingerprint density at radius 3 is 2.79 bits per heavy atom. The summed E-state index contributed by atoms with van der Waals surface area (Å²) >= 11 is 0. The SMILES string of the molecule is COc1cc2c(=O)[nH]ccc2cc1NC(=O)C(N)C1CCCCC1. The molecule has 0 bridgehead atoms. The molecule has 0 spiro atoms. The van der Waals surface area contributed by atoms with Crippen molar-refractivity contribution >= 4 is 22.4 Å². The van der Waals surface area contributed by atoms with Crippen molar-refractivity contribution in [2.24, 2.45) is 11.7 Å². The molecule has 0 radical (unpaired) electrons. The van der Waals surface area contributed by atoms with Crippen molar-refractivity contribution in [1.29, 1.82) is 0 Å². The summed E-state index contributed by atoms with van der Waals surface area (Å²) in [4.78, 5) is 27.0. The molecular formula is C18H23N3O3. The number of methoxy groups -OCH3 is 1. The first-order valence-corrected chi connectivity index (χ1v) is 8.36. The summed E-state index contributed by atoms with van der Waals surface area (Å²) in [5.41, 5.74) is 6.50. The second-order valence-electron chi connectivity index (χ2n) is 6.36. The molecule has 1 amide bonds. The summed E-state index contributed by atoms with van der Waals surface area (Å²) in [6.45, 7) is 0. The van der Waals surface area contributed by atoms with Crippen LogP contribution < -0.4 is 21.3 Å². The van der Waals surface area contributed by atoms with Gasteiger partial charge in [-0.25, -0.2) is 0 Å². The maximum Gasteiger partial charge on any atom is 0.255 e. The zero-order chi connectivity index (χ0) is 17.1. The lowest BCUT2D eigenvalue weighted by Crippen LogP contribution is -2.42. The van der Waals surface area contributed by atoms with Gasteiger partial charge in [-0.15, -0.1) is 0 Å². The second-order valence-corrected chi connectivity index (χ2v) is 6.36. The topological polar surface area (TPSA) is 97.2 Å². The monoisotopic (exact) mass is 329 g/mol. The quantitative estimate of drug-likeness (QED) is 0.802. The molecule has 24 heavy (non-hydrogen) atoms. The average molecular weight is 329 g/mol. The molecular weight excluding hydrogens is 306 g/mol. The molecule has 1 saturated carbocycles. The predicted octanol–water partition coefficient (Wildman–Crippen LogP) is 2.38. The number of carbonyl (C=O) groups is 1. The van der Waals surface area contributed by atoms with E-state index in [-0.39, 0.29) is 17.4 Å². The third kappa shape index (κ3) is 3.28. The number of pyridine rings is 1. The van der Waals surface area contributed by atoms with Gasteiger partial charge in [-0.1, -0.05) is 19.3 Å². The van der Waals surface area contributed by atoms with Crippen LogP contribution in [-0.2, 0) is 4.79 Å². The molecule has 0 aliphatic heterocycles. The number of nitrogens with one attached hydrogen (secondary N) is 2. The van der Waals surface area contributed by atoms with E-state index in [1.165, 1.54) is 13.5 Å². The maximum atomic E-state index is 12.5. The molecule has 0 saturated heterocycles. The number of hydrogen-bond donors (Lipinski definition) is 3. The third-order valence-corrected chi connectivity index (χ3v) is 4.81. The van der Waals surface area contributed by atoms with Crippen LogP contribution in [-0.4, -0.2) is 24.0 Å². The third-order valence-electron chi connectivity index (χ3n) is 4.81. The summed E-state index contributed by atoms with van der Waals surface area (Å²) in [6, 6.07) is 4.64. The fourth-order valence-corrected chi connectivity index (χ4v) is 3.41. The zero-order valence-corrected chi connectivity index (χ0v) is 13.8. The Kier molecular flexibility index (Phi) is 4.85. The standard InChI is InChI=1S/C18H23N3O3/c1-24-15-10-13-12(7-8-20-17(13)22)9-14(15)21-18(23)16(19)11-5-3-2-4-6-11/h7-11,16H,2-6,19H2,1H3,(H,20,22)(H,21,23). The summed E-state index contributed by atoms with van der Waals surface area (Å²) in [7, 11) is 1.51. The van der Waals surface area contributed by atoms with Crippen molar-refractivity contribution in [1.82, 2.24) is 4.98 Å². The van der Waals surface area contributed by atoms with Gasteiger partial charge in [0.1, 0.15) is 5.75 Å². The molecule has 4 N–H and O–H groups in total. The van der Waals surface area contributed by atoms with Crippen LogP contribution in [0.4, 0.5) is 5.69 Å². The Bertz CT molecular complexity index is 794. The van der Waals surface area contributed by atoms with Gasteiger partial charge in [0.05, 0.1) is 24.2 Å². The van der Waals surface area contributed by atoms with Crippen molar-refractivity contribution in [2.75, 3.05) is 12.4 Å². The number of benzene rings is 1. The first-order chi connectivity index (χ1) is 11.6. The summed E-state index contributed by atoms with van der Waals surface area (Å²) in [6.07, 6.45) is 7.06. The van der Waals surface area contributed by atoms with Crippen LogP contribution >= 0.6 is 0 Å². The first kappa shape index (κ1) is 16.5. The van der Waals surface area contributed by atoms with E-state index in [2.05, 4.69) is 10.3 Å². The maximum absolute atomic E-state index is 12.5. The first-order valence-electron chi connectivity index (χ1n) is 8.36. The summed E-state index contributed by atoms with van der Waals surface area (Å²) in [5.74, 6) is 0.473. The molecule has 1 aliphatic rings. The number of hydrogen-bond acceptors (Lipinski definition) is 4. The molecule has 1 aromatic carbocycles. The number of nitrogens with two attached hydrogens (primary N) is 1. The molecule has 1 heterocycles. The summed E-state index contributed by atoms with van der Waals surface area (Å²) in [5, 5.41) is 4.12. The molecule has 6 heteroatoms. The van der Waals surface area contributed by atoms with Crippen LogP contribution in [0.5, 0.6) is 5.75 Å². The predicted molar refractivity (Wildman–Crippen MR) is 94.3 cm³/mol. The van der Waals surface area contributed by atoms with E-state index in [0.29, 0.717) is 16.8 Å². The smallest absolute Gasteiger partial charge is 0.255 e. The normalized spacial score (nSPS) is 16.8. The second kappa shape index (κ2) is 7.05. The van der Waals surface area contributed by atoms with Crippen molar-refractivity contribution < 1.29 is 9.53 Å². The zero-order valence-electron chi connectivity index (χ0n) is 13.8. The van der Waals surface area contributed by atoms with Gasteiger partial charge >= 0.3 is 0 Å². The lowest BCUT2D eigenvalue weighted by atomic mass is 9.84. The lowest BCUT2D eigenvalue weighted by molar-refractivity contribution is -0.118. The highest BCUT2D eigenvalue weighted by Crippen LogP contribution is 2.30. The molecule has 1 aliphatic carbocycles. The van der Waals surface area contributed by atoms with Crippen LogP contribution in [0.2, 0.25) is 0 Å². The van der Waals surface area contributed by atoms with Gasteiger partial charge in [0, 0.05) is 6.20 Å². The number of anilines is 1. The molecule has 1 fully saturated rings. The van der Waals surface area contributed by atoms with Gasteiger partial charge in [0.2, 0.25) is 5.91 Å². The van der Waals surface area contributed by atoms with Gasteiger partial charge in [-0.05, 0) is 42.3 Å². The van der Waals surface area contributed by atoms with Gasteiger partial charge < -0.3 is 20.8 Å². The number of carbonyl (C=O) groups excluding carboxylic acids is 1. The number of fused-ring (bicyclic) bond motifs is 1. The number of aromatic amines is 1. The van der Waals surface area contributed by atoms with Crippen molar-refractivity contribution in [3.63, 3.8) is 0 Å². The van der Waals surface area contributed by atoms with Crippen molar-refractivity contribution in [2.45, 2.75) is 38.1 Å². The van der Waals surface area contributed by atoms with Gasteiger partial charge in [-0.2, -0.15) is 0 Å². The number of aromatic nitrogens is 1. The number of amides is 1. The van der Waals surface area contributed by atoms with Gasteiger partial charge in [-0.3, -0.25) is 9.59 Å². The van der Waals surface area contributed by atoms with Crippen LogP contribution in [0, 0.1) is 5.92 Å². The minimum atomic E-state index is -0.523. The lowest BCUT2D eigenvalue weighted by Gasteiger charge is -2.26. The van der Waals surface area contributed by atoms with E-state index in [4.69, 9.17) is 10.5 Å². The molecule has 6 nitrogen and oxygen atoms in total. The highest BCUT2D eigenvalue weighted by molar-refractivity contribution is 5.99. The van der Waals surface area contributed by atoms with Crippen LogP contribution in [0.25, 0.3) is 10.8 Å². The fourth-order valence-electron chi connectivity index (χ4n) is 3.41. The number of ether oxygens (including phenoxy) is 1. The van der Waals surface area contributed by atoms with E-state index >= 15 is 0 Å². The largest absolute Gasteiger partial charge is 0.495 e. The fraction of sp³-hybridized carbons (Fsp3) is 0.444. The van der Waals surface area contributed by atoms with Crippen LogP contribution in [0.15, 0.2) is 29.2 Å². The van der Waals surface area contributed by atoms with E-state index in [0.717, 1.165) is 31.1 Å². The number of H-pyrrole nitrogens is 1. The minimum Gasteiger partial charge on any atom is -0.495 e. The van der Waals surface area contributed by atoms with E-state index in [1.807, 2.05) is 0 Å². The van der Waals surface area contributed by atoms with Crippen molar-refractivity contribution in [3.8, 4) is 5.75 Å². The number of rotatable bonds is 4. The van der Waals surface area contributed by atoms with Gasteiger partial charge in [0.15, 0.2) is 0 Å². The molecule has 1 aromatic heterocycles. The Hall–Kier alpha value is -2.34. The highest BCUT2D eigenvalue weighted by Gasteiger charge is 2.26. The van der Waals surface area contributed by atoms with Crippen molar-refractivity contribution in [3.05, 3.63) is 34.7 Å². The van der Waals surface area contributed by atoms with E-state index < -0.39 is 6.04 Å². The Balaban J connectivity index is 1.85. The Morgan fingerprint density at radius 2 is 2.08 bits per heavy atom. The Morgan fingerprint density at radius 1 is 1.33 bits per heavy atom. The highest BCUT2D eigenvalue weighted by atomic mass is 16.5. The van der Waals surface area contributed by atoms with Crippen LogP contribution in [0.3, 0.4) is 0 Å². The molecule has 2 aromatic rings. The molecule has 1 unspecified atom stereocenters. The molecule has 128 valence electrons.